The average Bonchev–Trinajstić information content (AvgIpc) is 2.62. The maximum Gasteiger partial charge on any atom is 0.238 e. The van der Waals surface area contributed by atoms with Gasteiger partial charge in [0.2, 0.25) is 11.8 Å². The molecule has 138 valence electrons. The van der Waals surface area contributed by atoms with Gasteiger partial charge in [0.15, 0.2) is 0 Å². The zero-order chi connectivity index (χ0) is 18.8. The van der Waals surface area contributed by atoms with Crippen molar-refractivity contribution in [1.82, 2.24) is 10.2 Å². The van der Waals surface area contributed by atoms with Crippen molar-refractivity contribution in [2.24, 2.45) is 0 Å². The predicted octanol–water partition coefficient (Wildman–Crippen LogP) is 2.64. The molecule has 6 heteroatoms. The molecule has 0 aliphatic rings. The fraction of sp³-hybridized carbons (Fsp3) is 0.300. The monoisotopic (exact) mass is 371 g/mol. The van der Waals surface area contributed by atoms with Gasteiger partial charge in [-0.15, -0.1) is 11.8 Å². The number of likely N-dealkylation sites (N-methyl/N-ethyl adjacent to an activating group) is 1. The molecule has 0 spiro atoms. The lowest BCUT2D eigenvalue weighted by molar-refractivity contribution is -0.122. The highest BCUT2D eigenvalue weighted by molar-refractivity contribution is 7.98. The van der Waals surface area contributed by atoms with Gasteiger partial charge in [0, 0.05) is 11.4 Å². The van der Waals surface area contributed by atoms with Crippen LogP contribution in [0.4, 0.5) is 5.69 Å². The van der Waals surface area contributed by atoms with Crippen LogP contribution in [-0.4, -0.2) is 49.7 Å². The van der Waals surface area contributed by atoms with E-state index in [9.17, 15) is 9.59 Å². The summed E-state index contributed by atoms with van der Waals surface area (Å²) in [7, 11) is 1.76. The SMILES string of the molecule is CSc1ccccc1NC(=O)CN(C)CC(=O)NCCc1ccccc1. The largest absolute Gasteiger partial charge is 0.355 e. The Labute approximate surface area is 159 Å². The summed E-state index contributed by atoms with van der Waals surface area (Å²) in [4.78, 5) is 26.9. The fourth-order valence-electron chi connectivity index (χ4n) is 2.53. The van der Waals surface area contributed by atoms with Crippen molar-refractivity contribution in [3.05, 3.63) is 60.2 Å². The predicted molar refractivity (Wildman–Crippen MR) is 108 cm³/mol. The van der Waals surface area contributed by atoms with Crippen LogP contribution in [0.2, 0.25) is 0 Å². The van der Waals surface area contributed by atoms with Crippen molar-refractivity contribution >= 4 is 29.3 Å². The van der Waals surface area contributed by atoms with Gasteiger partial charge in [-0.05, 0) is 37.4 Å². The number of carbonyl (C=O) groups excluding carboxylic acids is 2. The van der Waals surface area contributed by atoms with Crippen LogP contribution in [0, 0.1) is 0 Å². The summed E-state index contributed by atoms with van der Waals surface area (Å²) in [5, 5.41) is 5.78. The first kappa shape index (κ1) is 20.0. The number of thioether (sulfide) groups is 1. The molecule has 0 heterocycles. The third-order valence-corrected chi connectivity index (χ3v) is 4.58. The number of nitrogens with one attached hydrogen (secondary N) is 2. The highest BCUT2D eigenvalue weighted by atomic mass is 32.2. The highest BCUT2D eigenvalue weighted by Crippen LogP contribution is 2.24. The molecule has 0 aliphatic carbocycles. The fourth-order valence-corrected chi connectivity index (χ4v) is 3.08. The number of para-hydroxylation sites is 1. The summed E-state index contributed by atoms with van der Waals surface area (Å²) in [5.74, 6) is -0.216. The first-order valence-electron chi connectivity index (χ1n) is 8.50. The van der Waals surface area contributed by atoms with Crippen LogP contribution in [0.3, 0.4) is 0 Å². The van der Waals surface area contributed by atoms with E-state index in [-0.39, 0.29) is 24.9 Å². The lowest BCUT2D eigenvalue weighted by atomic mass is 10.1. The van der Waals surface area contributed by atoms with Gasteiger partial charge in [0.1, 0.15) is 0 Å². The molecule has 2 amide bonds. The Bertz CT molecular complexity index is 722. The topological polar surface area (TPSA) is 61.4 Å². The molecule has 2 N–H and O–H groups in total. The number of carbonyl (C=O) groups is 2. The summed E-state index contributed by atoms with van der Waals surface area (Å²) in [6, 6.07) is 17.7. The number of nitrogens with zero attached hydrogens (tertiary/aromatic N) is 1. The first-order chi connectivity index (χ1) is 12.6. The maximum atomic E-state index is 12.2. The van der Waals surface area contributed by atoms with Gasteiger partial charge in [-0.2, -0.15) is 0 Å². The Balaban J connectivity index is 1.70. The first-order valence-corrected chi connectivity index (χ1v) is 9.73. The van der Waals surface area contributed by atoms with Gasteiger partial charge < -0.3 is 10.6 Å². The number of hydrogen-bond acceptors (Lipinski definition) is 4. The van der Waals surface area contributed by atoms with E-state index in [4.69, 9.17) is 0 Å². The third kappa shape index (κ3) is 6.90. The molecule has 0 saturated carbocycles. The quantitative estimate of drug-likeness (QED) is 0.665. The molecule has 0 unspecified atom stereocenters. The van der Waals surface area contributed by atoms with Crippen LogP contribution in [0.1, 0.15) is 5.56 Å². The minimum absolute atomic E-state index is 0.0826. The molecule has 0 radical (unpaired) electrons. The van der Waals surface area contributed by atoms with E-state index in [1.54, 1.807) is 23.7 Å². The van der Waals surface area contributed by atoms with E-state index in [0.717, 1.165) is 17.0 Å². The summed E-state index contributed by atoms with van der Waals surface area (Å²) < 4.78 is 0. The van der Waals surface area contributed by atoms with Gasteiger partial charge in [0.25, 0.3) is 0 Å². The standard InChI is InChI=1S/C20H25N3O2S/c1-23(14-19(24)21-13-12-16-8-4-3-5-9-16)15-20(25)22-17-10-6-7-11-18(17)26-2/h3-11H,12-15H2,1-2H3,(H,21,24)(H,22,25). The van der Waals surface area contributed by atoms with Crippen LogP contribution >= 0.6 is 11.8 Å². The Morgan fingerprint density at radius 1 is 0.962 bits per heavy atom. The van der Waals surface area contributed by atoms with E-state index in [1.165, 1.54) is 5.56 Å². The number of benzene rings is 2. The molecular weight excluding hydrogens is 346 g/mol. The summed E-state index contributed by atoms with van der Waals surface area (Å²) in [6.45, 7) is 0.936. The minimum atomic E-state index is -0.133. The second-order valence-electron chi connectivity index (χ2n) is 6.01. The van der Waals surface area contributed by atoms with Crippen molar-refractivity contribution < 1.29 is 9.59 Å². The van der Waals surface area contributed by atoms with Gasteiger partial charge in [-0.25, -0.2) is 0 Å². The van der Waals surface area contributed by atoms with Crippen molar-refractivity contribution in [2.75, 3.05) is 38.3 Å². The molecule has 26 heavy (non-hydrogen) atoms. The summed E-state index contributed by atoms with van der Waals surface area (Å²) in [5.41, 5.74) is 1.98. The van der Waals surface area contributed by atoms with E-state index >= 15 is 0 Å². The number of rotatable bonds is 9. The Morgan fingerprint density at radius 2 is 1.62 bits per heavy atom. The molecule has 2 aromatic rings. The molecule has 2 aromatic carbocycles. The molecule has 0 atom stereocenters. The Morgan fingerprint density at radius 3 is 2.35 bits per heavy atom. The van der Waals surface area contributed by atoms with Gasteiger partial charge >= 0.3 is 0 Å². The van der Waals surface area contributed by atoms with Crippen molar-refractivity contribution in [2.45, 2.75) is 11.3 Å². The van der Waals surface area contributed by atoms with Gasteiger partial charge in [0.05, 0.1) is 18.8 Å². The van der Waals surface area contributed by atoms with Crippen LogP contribution in [0.15, 0.2) is 59.5 Å². The Hall–Kier alpha value is -2.31. The van der Waals surface area contributed by atoms with E-state index in [1.807, 2.05) is 60.9 Å². The van der Waals surface area contributed by atoms with Crippen LogP contribution in [0.25, 0.3) is 0 Å². The molecule has 0 saturated heterocycles. The van der Waals surface area contributed by atoms with Crippen LogP contribution < -0.4 is 10.6 Å². The molecule has 0 aliphatic heterocycles. The molecular formula is C20H25N3O2S. The molecule has 2 rings (SSSR count). The smallest absolute Gasteiger partial charge is 0.238 e. The molecule has 0 bridgehead atoms. The maximum absolute atomic E-state index is 12.2. The molecule has 0 fully saturated rings. The zero-order valence-corrected chi connectivity index (χ0v) is 16.0. The zero-order valence-electron chi connectivity index (χ0n) is 15.2. The molecule has 0 aromatic heterocycles. The lowest BCUT2D eigenvalue weighted by Gasteiger charge is -2.16. The van der Waals surface area contributed by atoms with E-state index in [0.29, 0.717) is 6.54 Å². The second kappa shape index (κ2) is 10.6. The van der Waals surface area contributed by atoms with Gasteiger partial charge in [-0.3, -0.25) is 14.5 Å². The third-order valence-electron chi connectivity index (χ3n) is 3.79. The van der Waals surface area contributed by atoms with E-state index in [2.05, 4.69) is 10.6 Å². The normalized spacial score (nSPS) is 10.6. The number of hydrogen-bond donors (Lipinski definition) is 2. The highest BCUT2D eigenvalue weighted by Gasteiger charge is 2.12. The summed E-state index contributed by atoms with van der Waals surface area (Å²) in [6.07, 6.45) is 2.76. The van der Waals surface area contributed by atoms with Gasteiger partial charge in [-0.1, -0.05) is 42.5 Å². The minimum Gasteiger partial charge on any atom is -0.355 e. The molecule has 5 nitrogen and oxygen atoms in total. The van der Waals surface area contributed by atoms with Crippen molar-refractivity contribution in [3.8, 4) is 0 Å². The second-order valence-corrected chi connectivity index (χ2v) is 6.85. The van der Waals surface area contributed by atoms with Crippen molar-refractivity contribution in [1.29, 1.82) is 0 Å². The Kier molecular flexibility index (Phi) is 8.18. The summed E-state index contributed by atoms with van der Waals surface area (Å²) >= 11 is 1.58. The number of anilines is 1. The van der Waals surface area contributed by atoms with Crippen molar-refractivity contribution in [3.63, 3.8) is 0 Å². The van der Waals surface area contributed by atoms with E-state index < -0.39 is 0 Å². The van der Waals surface area contributed by atoms with Crippen LogP contribution in [0.5, 0.6) is 0 Å². The van der Waals surface area contributed by atoms with Crippen LogP contribution in [-0.2, 0) is 16.0 Å². The number of amides is 2. The average molecular weight is 372 g/mol. The lowest BCUT2D eigenvalue weighted by Crippen LogP contribution is -2.39.